The van der Waals surface area contributed by atoms with Gasteiger partial charge in [0, 0.05) is 20.7 Å². The molecule has 1 aromatic carbocycles. The second-order valence-electron chi connectivity index (χ2n) is 12.0. The van der Waals surface area contributed by atoms with E-state index in [1.807, 2.05) is 0 Å². The molecule has 0 aliphatic rings. The number of ketones is 1. The third kappa shape index (κ3) is 11.7. The first-order valence-corrected chi connectivity index (χ1v) is 20.5. The van der Waals surface area contributed by atoms with Crippen LogP contribution in [-0.4, -0.2) is 52.0 Å². The van der Waals surface area contributed by atoms with Crippen molar-refractivity contribution in [1.82, 2.24) is 0 Å². The molecule has 208 valence electrons. The molecule has 0 radical (unpaired) electrons. The van der Waals surface area contributed by atoms with Crippen LogP contribution in [0.4, 0.5) is 5.69 Å². The molecule has 0 fully saturated rings. The van der Waals surface area contributed by atoms with E-state index in [1.165, 1.54) is 30.8 Å². The maximum Gasteiger partial charge on any atom is 0.341 e. The predicted molar refractivity (Wildman–Crippen MR) is 159 cm³/mol. The van der Waals surface area contributed by atoms with E-state index < -0.39 is 33.1 Å². The number of nitro groups is 1. The van der Waals surface area contributed by atoms with Crippen LogP contribution in [0.2, 0.25) is 43.8 Å². The Labute approximate surface area is 229 Å². The molecule has 0 amide bonds. The number of ether oxygens (including phenoxy) is 1. The molecule has 0 bridgehead atoms. The number of thioether (sulfide) groups is 1. The van der Waals surface area contributed by atoms with Crippen LogP contribution in [0.3, 0.4) is 0 Å². The first kappa shape index (κ1) is 33.3. The second-order valence-corrected chi connectivity index (χ2v) is 23.6. The Morgan fingerprint density at radius 1 is 1.05 bits per heavy atom. The van der Waals surface area contributed by atoms with Crippen molar-refractivity contribution >= 4 is 51.7 Å². The minimum Gasteiger partial charge on any atom is -0.462 e. The van der Waals surface area contributed by atoms with E-state index in [9.17, 15) is 19.7 Å². The van der Waals surface area contributed by atoms with Crippen molar-refractivity contribution in [2.75, 3.05) is 19.0 Å². The van der Waals surface area contributed by atoms with Crippen molar-refractivity contribution < 1.29 is 23.7 Å². The SMILES string of the molecule is CC(=O)/C(=C/c1cccc([N+](=O)[O-])c1SCCCCCO[Si](C)(C)C(C)(C)C)C(=O)OCC[Si](C)(C)C. The van der Waals surface area contributed by atoms with Gasteiger partial charge < -0.3 is 9.16 Å². The van der Waals surface area contributed by atoms with Gasteiger partial charge in [0.15, 0.2) is 14.1 Å². The molecule has 0 aromatic heterocycles. The molecule has 0 aliphatic carbocycles. The Balaban J connectivity index is 2.91. The van der Waals surface area contributed by atoms with E-state index >= 15 is 0 Å². The Bertz CT molecular complexity index is 980. The van der Waals surface area contributed by atoms with Crippen molar-refractivity contribution in [2.45, 2.75) is 95.7 Å². The number of hydrogen-bond acceptors (Lipinski definition) is 7. The number of esters is 1. The van der Waals surface area contributed by atoms with Crippen LogP contribution in [0, 0.1) is 10.1 Å². The number of benzene rings is 1. The van der Waals surface area contributed by atoms with Crippen LogP contribution < -0.4 is 0 Å². The van der Waals surface area contributed by atoms with Gasteiger partial charge in [0.2, 0.25) is 0 Å². The summed E-state index contributed by atoms with van der Waals surface area (Å²) in [4.78, 5) is 36.7. The summed E-state index contributed by atoms with van der Waals surface area (Å²) in [5, 5.41) is 11.9. The molecule has 1 rings (SSSR count). The summed E-state index contributed by atoms with van der Waals surface area (Å²) < 4.78 is 11.6. The van der Waals surface area contributed by atoms with Crippen LogP contribution in [0.1, 0.15) is 52.5 Å². The number of nitrogens with zero attached hydrogens (tertiary/aromatic N) is 1. The number of Topliss-reactive ketones (excluding diaryl/α,β-unsaturated/α-hetero) is 1. The second kappa shape index (κ2) is 14.4. The lowest BCUT2D eigenvalue weighted by molar-refractivity contribution is -0.387. The van der Waals surface area contributed by atoms with Gasteiger partial charge in [0.25, 0.3) is 5.69 Å². The van der Waals surface area contributed by atoms with Crippen molar-refractivity contribution in [1.29, 1.82) is 0 Å². The summed E-state index contributed by atoms with van der Waals surface area (Å²) >= 11 is 1.38. The highest BCUT2D eigenvalue weighted by Crippen LogP contribution is 2.37. The van der Waals surface area contributed by atoms with E-state index in [1.54, 1.807) is 12.1 Å². The molecule has 0 aliphatic heterocycles. The Kier molecular flexibility index (Phi) is 13.0. The minimum atomic E-state index is -1.76. The maximum atomic E-state index is 12.7. The van der Waals surface area contributed by atoms with Crippen LogP contribution in [0.5, 0.6) is 0 Å². The predicted octanol–water partition coefficient (Wildman–Crippen LogP) is 7.73. The fourth-order valence-electron chi connectivity index (χ4n) is 3.04. The third-order valence-corrected chi connectivity index (χ3v) is 14.0. The van der Waals surface area contributed by atoms with Crippen LogP contribution in [0.25, 0.3) is 6.08 Å². The van der Waals surface area contributed by atoms with Crippen LogP contribution >= 0.6 is 11.8 Å². The van der Waals surface area contributed by atoms with Gasteiger partial charge in [-0.1, -0.05) is 59.0 Å². The molecular weight excluding hydrogens is 523 g/mol. The van der Waals surface area contributed by atoms with Crippen molar-refractivity contribution in [2.24, 2.45) is 0 Å². The summed E-state index contributed by atoms with van der Waals surface area (Å²) in [7, 11) is -3.16. The highest BCUT2D eigenvalue weighted by molar-refractivity contribution is 7.99. The minimum absolute atomic E-state index is 0.0324. The molecule has 0 saturated heterocycles. The quantitative estimate of drug-likeness (QED) is 0.0246. The number of hydrogen-bond donors (Lipinski definition) is 0. The normalized spacial score (nSPS) is 12.9. The average Bonchev–Trinajstić information content (AvgIpc) is 2.74. The molecule has 7 nitrogen and oxygen atoms in total. The van der Waals surface area contributed by atoms with Crippen molar-refractivity contribution in [3.8, 4) is 0 Å². The van der Waals surface area contributed by atoms with E-state index in [2.05, 4.69) is 53.5 Å². The number of nitro benzene ring substituents is 1. The van der Waals surface area contributed by atoms with Gasteiger partial charge in [-0.05, 0) is 61.3 Å². The monoisotopic (exact) mass is 567 g/mol. The van der Waals surface area contributed by atoms with E-state index in [-0.39, 0.29) is 22.9 Å². The Hall–Kier alpha value is -1.76. The summed E-state index contributed by atoms with van der Waals surface area (Å²) in [5.74, 6) is -0.431. The van der Waals surface area contributed by atoms with Gasteiger partial charge in [-0.2, -0.15) is 0 Å². The molecule has 0 heterocycles. The van der Waals surface area contributed by atoms with Gasteiger partial charge in [0.05, 0.1) is 16.4 Å². The Morgan fingerprint density at radius 3 is 2.24 bits per heavy atom. The summed E-state index contributed by atoms with van der Waals surface area (Å²) in [6, 6.07) is 5.51. The molecule has 0 spiro atoms. The van der Waals surface area contributed by atoms with E-state index in [0.29, 0.717) is 16.2 Å². The van der Waals surface area contributed by atoms with Crippen molar-refractivity contribution in [3.05, 3.63) is 39.4 Å². The molecule has 0 saturated carbocycles. The highest BCUT2D eigenvalue weighted by atomic mass is 32.2. The fraction of sp³-hybridized carbons (Fsp3) is 0.630. The number of carbonyl (C=O) groups is 2. The molecule has 0 N–H and O–H groups in total. The van der Waals surface area contributed by atoms with Crippen LogP contribution in [-0.2, 0) is 18.8 Å². The highest BCUT2D eigenvalue weighted by Gasteiger charge is 2.36. The molecular formula is C27H45NO6SSi2. The molecule has 1 aromatic rings. The average molecular weight is 568 g/mol. The number of carbonyl (C=O) groups excluding carboxylic acids is 2. The van der Waals surface area contributed by atoms with Gasteiger partial charge in [-0.15, -0.1) is 11.8 Å². The number of rotatable bonds is 15. The zero-order valence-corrected chi connectivity index (χ0v) is 26.9. The lowest BCUT2D eigenvalue weighted by Crippen LogP contribution is -2.40. The molecule has 10 heteroatoms. The zero-order chi connectivity index (χ0) is 28.4. The van der Waals surface area contributed by atoms with Gasteiger partial charge >= 0.3 is 5.97 Å². The Morgan fingerprint density at radius 2 is 1.70 bits per heavy atom. The standard InChI is InChI=1S/C27H45NO6SSi2/c1-21(29)23(26(30)33-17-19-36(5,6)7)20-22-14-13-15-24(28(31)32)25(22)35-18-12-10-11-16-34-37(8,9)27(2,3)4/h13-15,20H,10-12,16-19H2,1-9H3/b23-20-. The molecule has 37 heavy (non-hydrogen) atoms. The lowest BCUT2D eigenvalue weighted by atomic mass is 10.1. The molecule has 0 unspecified atom stereocenters. The summed E-state index contributed by atoms with van der Waals surface area (Å²) in [6.07, 6.45) is 4.20. The van der Waals surface area contributed by atoms with E-state index in [0.717, 1.165) is 31.9 Å². The summed E-state index contributed by atoms with van der Waals surface area (Å²) in [6.45, 7) is 20.0. The summed E-state index contributed by atoms with van der Waals surface area (Å²) in [5.41, 5.74) is 0.350. The topological polar surface area (TPSA) is 95.7 Å². The third-order valence-electron chi connectivity index (χ3n) is 6.51. The van der Waals surface area contributed by atoms with Gasteiger partial charge in [-0.25, -0.2) is 4.79 Å². The van der Waals surface area contributed by atoms with Gasteiger partial charge in [-0.3, -0.25) is 14.9 Å². The van der Waals surface area contributed by atoms with E-state index in [4.69, 9.17) is 9.16 Å². The van der Waals surface area contributed by atoms with Crippen LogP contribution in [0.15, 0.2) is 28.7 Å². The zero-order valence-electron chi connectivity index (χ0n) is 24.1. The smallest absolute Gasteiger partial charge is 0.341 e. The first-order valence-electron chi connectivity index (χ1n) is 12.9. The molecule has 0 atom stereocenters. The fourth-order valence-corrected chi connectivity index (χ4v) is 5.98. The number of unbranched alkanes of at least 4 members (excludes halogenated alkanes) is 2. The largest absolute Gasteiger partial charge is 0.462 e. The van der Waals surface area contributed by atoms with Gasteiger partial charge in [0.1, 0.15) is 5.57 Å². The maximum absolute atomic E-state index is 12.7. The first-order chi connectivity index (χ1) is 17.0. The lowest BCUT2D eigenvalue weighted by Gasteiger charge is -2.36. The van der Waals surface area contributed by atoms with Crippen molar-refractivity contribution in [3.63, 3.8) is 0 Å².